The molecule has 0 aromatic rings. The average Bonchev–Trinajstić information content (AvgIpc) is 2.51. The number of carboxylic acid groups (broad SMARTS) is 3. The second-order valence-corrected chi connectivity index (χ2v) is 8.32. The molecule has 0 aromatic heterocycles. The van der Waals surface area contributed by atoms with Gasteiger partial charge in [0.05, 0.1) is 24.0 Å². The molecule has 2 rings (SSSR count). The number of fused-ring (bicyclic) bond motifs is 1. The third-order valence-electron chi connectivity index (χ3n) is 3.76. The summed E-state index contributed by atoms with van der Waals surface area (Å²) < 4.78 is 22.4. The molecule has 0 radical (unpaired) electrons. The SMILES string of the molecule is CC1(C)[C@H](C(=O)O)N2C(=O)C[C@H]2S1(=O)=O.O=C(O)CCC(=O)O. The fourth-order valence-corrected chi connectivity index (χ4v) is 4.57. The van der Waals surface area contributed by atoms with Gasteiger partial charge in [-0.25, -0.2) is 13.2 Å². The van der Waals surface area contributed by atoms with Crippen LogP contribution in [-0.4, -0.2) is 68.6 Å². The highest BCUT2D eigenvalue weighted by molar-refractivity contribution is 7.93. The number of carbonyl (C=O) groups excluding carboxylic acids is 1. The van der Waals surface area contributed by atoms with E-state index in [1.54, 1.807) is 0 Å². The summed E-state index contributed by atoms with van der Waals surface area (Å²) in [5, 5.41) is 23.8. The normalized spacial score (nSPS) is 26.3. The number of β-lactam (4-membered cyclic amide) rings is 1. The molecule has 2 heterocycles. The molecule has 3 N–H and O–H groups in total. The summed E-state index contributed by atoms with van der Waals surface area (Å²) >= 11 is 0. The lowest BCUT2D eigenvalue weighted by Gasteiger charge is -2.35. The third kappa shape index (κ3) is 3.28. The highest BCUT2D eigenvalue weighted by atomic mass is 32.2. The predicted octanol–water partition coefficient (Wildman–Crippen LogP) is -0.859. The zero-order valence-electron chi connectivity index (χ0n) is 12.4. The molecular formula is C12H17NO9S. The monoisotopic (exact) mass is 351 g/mol. The summed E-state index contributed by atoms with van der Waals surface area (Å²) in [5.41, 5.74) is 0. The molecule has 130 valence electrons. The van der Waals surface area contributed by atoms with Crippen LogP contribution >= 0.6 is 0 Å². The summed E-state index contributed by atoms with van der Waals surface area (Å²) in [5.74, 6) is -3.82. The topological polar surface area (TPSA) is 166 Å². The van der Waals surface area contributed by atoms with Gasteiger partial charge >= 0.3 is 17.9 Å². The van der Waals surface area contributed by atoms with Crippen molar-refractivity contribution in [2.75, 3.05) is 0 Å². The number of hydrogen-bond donors (Lipinski definition) is 3. The Bertz CT molecular complexity index is 637. The number of nitrogens with zero attached hydrogens (tertiary/aromatic N) is 1. The molecule has 1 amide bonds. The first-order chi connectivity index (χ1) is 10.3. The summed E-state index contributed by atoms with van der Waals surface area (Å²) in [7, 11) is -3.57. The van der Waals surface area contributed by atoms with Crippen molar-refractivity contribution >= 4 is 33.7 Å². The van der Waals surface area contributed by atoms with E-state index in [1.165, 1.54) is 13.8 Å². The zero-order chi connectivity index (χ0) is 18.2. The lowest BCUT2D eigenvalue weighted by molar-refractivity contribution is -0.157. The number of carbonyl (C=O) groups is 4. The van der Waals surface area contributed by atoms with Crippen LogP contribution in [-0.2, 0) is 29.0 Å². The fraction of sp³-hybridized carbons (Fsp3) is 0.667. The Kier molecular flexibility index (Phi) is 5.04. The molecule has 0 unspecified atom stereocenters. The van der Waals surface area contributed by atoms with Gasteiger partial charge in [-0.15, -0.1) is 0 Å². The van der Waals surface area contributed by atoms with Gasteiger partial charge < -0.3 is 20.2 Å². The molecule has 0 aromatic carbocycles. The number of sulfone groups is 1. The number of aliphatic carboxylic acids is 3. The van der Waals surface area contributed by atoms with Crippen LogP contribution in [0, 0.1) is 0 Å². The van der Waals surface area contributed by atoms with E-state index in [9.17, 15) is 27.6 Å². The molecular weight excluding hydrogens is 334 g/mol. The second-order valence-electron chi connectivity index (χ2n) is 5.64. The molecule has 2 atom stereocenters. The van der Waals surface area contributed by atoms with Crippen LogP contribution in [0.3, 0.4) is 0 Å². The van der Waals surface area contributed by atoms with E-state index in [4.69, 9.17) is 15.3 Å². The second kappa shape index (κ2) is 6.14. The molecule has 2 fully saturated rings. The van der Waals surface area contributed by atoms with E-state index >= 15 is 0 Å². The van der Waals surface area contributed by atoms with Gasteiger partial charge in [0.25, 0.3) is 0 Å². The largest absolute Gasteiger partial charge is 0.481 e. The molecule has 11 heteroatoms. The number of rotatable bonds is 4. The first kappa shape index (κ1) is 18.9. The maximum absolute atomic E-state index is 11.9. The molecule has 0 aliphatic carbocycles. The molecule has 0 bridgehead atoms. The minimum atomic E-state index is -3.57. The summed E-state index contributed by atoms with van der Waals surface area (Å²) in [6.07, 6.45) is -0.680. The van der Waals surface area contributed by atoms with Crippen LogP contribution in [0.15, 0.2) is 0 Å². The molecule has 2 saturated heterocycles. The maximum atomic E-state index is 11.9. The van der Waals surface area contributed by atoms with Crippen molar-refractivity contribution in [3.8, 4) is 0 Å². The van der Waals surface area contributed by atoms with Gasteiger partial charge in [0.2, 0.25) is 5.91 Å². The van der Waals surface area contributed by atoms with E-state index in [0.29, 0.717) is 0 Å². The van der Waals surface area contributed by atoms with Gasteiger partial charge in [-0.2, -0.15) is 0 Å². The van der Waals surface area contributed by atoms with E-state index in [-0.39, 0.29) is 19.3 Å². The van der Waals surface area contributed by atoms with E-state index in [1.807, 2.05) is 0 Å². The summed E-state index contributed by atoms with van der Waals surface area (Å²) in [6.45, 7) is 2.71. The highest BCUT2D eigenvalue weighted by Gasteiger charge is 2.67. The maximum Gasteiger partial charge on any atom is 0.328 e. The first-order valence-corrected chi connectivity index (χ1v) is 8.09. The Balaban J connectivity index is 0.000000284. The number of carboxylic acids is 3. The lowest BCUT2D eigenvalue weighted by atomic mass is 9.98. The minimum absolute atomic E-state index is 0.0878. The Morgan fingerprint density at radius 3 is 1.83 bits per heavy atom. The first-order valence-electron chi connectivity index (χ1n) is 6.55. The molecule has 23 heavy (non-hydrogen) atoms. The van der Waals surface area contributed by atoms with E-state index in [2.05, 4.69) is 0 Å². The smallest absolute Gasteiger partial charge is 0.328 e. The quantitative estimate of drug-likeness (QED) is 0.546. The van der Waals surface area contributed by atoms with Gasteiger partial charge in [-0.05, 0) is 13.8 Å². The van der Waals surface area contributed by atoms with Crippen molar-refractivity contribution in [1.82, 2.24) is 4.90 Å². The minimum Gasteiger partial charge on any atom is -0.481 e. The predicted molar refractivity (Wildman–Crippen MR) is 74.2 cm³/mol. The van der Waals surface area contributed by atoms with Gasteiger partial charge in [-0.3, -0.25) is 14.4 Å². The van der Waals surface area contributed by atoms with Crippen molar-refractivity contribution in [2.24, 2.45) is 0 Å². The Morgan fingerprint density at radius 2 is 1.57 bits per heavy atom. The van der Waals surface area contributed by atoms with Crippen LogP contribution in [0.4, 0.5) is 0 Å². The van der Waals surface area contributed by atoms with Crippen LogP contribution < -0.4 is 0 Å². The Morgan fingerprint density at radius 1 is 1.13 bits per heavy atom. The Labute approximate surface area is 131 Å². The molecule has 10 nitrogen and oxygen atoms in total. The van der Waals surface area contributed by atoms with Crippen molar-refractivity contribution < 1.29 is 42.9 Å². The van der Waals surface area contributed by atoms with Gasteiger partial charge in [0.1, 0.15) is 11.4 Å². The molecule has 2 aliphatic rings. The van der Waals surface area contributed by atoms with Crippen LogP contribution in [0.25, 0.3) is 0 Å². The van der Waals surface area contributed by atoms with Crippen molar-refractivity contribution in [3.05, 3.63) is 0 Å². The average molecular weight is 351 g/mol. The summed E-state index contributed by atoms with van der Waals surface area (Å²) in [4.78, 5) is 42.4. The van der Waals surface area contributed by atoms with Crippen LogP contribution in [0.2, 0.25) is 0 Å². The number of amides is 1. The highest BCUT2D eigenvalue weighted by Crippen LogP contribution is 2.45. The van der Waals surface area contributed by atoms with Crippen LogP contribution in [0.5, 0.6) is 0 Å². The zero-order valence-corrected chi connectivity index (χ0v) is 13.2. The van der Waals surface area contributed by atoms with Gasteiger partial charge in [-0.1, -0.05) is 0 Å². The number of hydrogen-bond acceptors (Lipinski definition) is 6. The van der Waals surface area contributed by atoms with Crippen molar-refractivity contribution in [1.29, 1.82) is 0 Å². The fourth-order valence-electron chi connectivity index (χ4n) is 2.44. The Hall–Kier alpha value is -2.17. The molecule has 0 spiro atoms. The standard InChI is InChI=1S/C8H11NO5S.C4H6O4/c1-8(2)6(7(11)12)9-4(10)3-5(9)15(8,13)14;5-3(6)1-2-4(7)8/h5-6H,3H2,1-2H3,(H,11,12);1-2H2,(H,5,6)(H,7,8)/t5-,6+;/m1./s1. The lowest BCUT2D eigenvalue weighted by Crippen LogP contribution is -2.57. The third-order valence-corrected chi connectivity index (χ3v) is 6.56. The van der Waals surface area contributed by atoms with Crippen molar-refractivity contribution in [3.63, 3.8) is 0 Å². The molecule has 2 aliphatic heterocycles. The van der Waals surface area contributed by atoms with Gasteiger partial charge in [0, 0.05) is 0 Å². The van der Waals surface area contributed by atoms with E-state index in [0.717, 1.165) is 4.90 Å². The van der Waals surface area contributed by atoms with Gasteiger partial charge in [0.15, 0.2) is 9.84 Å². The van der Waals surface area contributed by atoms with Crippen LogP contribution in [0.1, 0.15) is 33.1 Å². The van der Waals surface area contributed by atoms with E-state index < -0.39 is 49.8 Å². The van der Waals surface area contributed by atoms with Crippen molar-refractivity contribution in [2.45, 2.75) is 49.3 Å². The summed E-state index contributed by atoms with van der Waals surface area (Å²) in [6, 6.07) is -1.26. The molecule has 0 saturated carbocycles.